The summed E-state index contributed by atoms with van der Waals surface area (Å²) >= 11 is 7.28. The summed E-state index contributed by atoms with van der Waals surface area (Å²) in [5.74, 6) is -0.626. The lowest BCUT2D eigenvalue weighted by Gasteiger charge is -2.05. The van der Waals surface area contributed by atoms with Crippen molar-refractivity contribution in [1.82, 2.24) is 5.32 Å². The van der Waals surface area contributed by atoms with E-state index in [9.17, 15) is 15.0 Å². The van der Waals surface area contributed by atoms with Crippen LogP contribution in [0, 0.1) is 0 Å². The molecule has 0 atom stereocenters. The second-order valence-electron chi connectivity index (χ2n) is 3.95. The summed E-state index contributed by atoms with van der Waals surface area (Å²) in [5.41, 5.74) is 0.224. The van der Waals surface area contributed by atoms with Gasteiger partial charge >= 0.3 is 0 Å². The Balaban J connectivity index is 1.90. The lowest BCUT2D eigenvalue weighted by atomic mass is 10.2. The Hall–Kier alpha value is -1.72. The highest BCUT2D eigenvalue weighted by Gasteiger charge is 2.08. The lowest BCUT2D eigenvalue weighted by molar-refractivity contribution is 0.0953. The number of hydrogen-bond acceptors (Lipinski definition) is 4. The Morgan fingerprint density at radius 3 is 2.47 bits per heavy atom. The van der Waals surface area contributed by atoms with Crippen molar-refractivity contribution < 1.29 is 15.0 Å². The van der Waals surface area contributed by atoms with Gasteiger partial charge in [-0.2, -0.15) is 0 Å². The standard InChI is InChI=1S/C13H12ClNO3S/c14-12-2-1-11(19-12)3-4-15-13(18)8-5-9(16)7-10(17)6-8/h1-2,5-7,16-17H,3-4H2,(H,15,18). The van der Waals surface area contributed by atoms with Crippen molar-refractivity contribution in [2.24, 2.45) is 0 Å². The smallest absolute Gasteiger partial charge is 0.251 e. The first-order chi connectivity index (χ1) is 9.04. The average Bonchev–Trinajstić information content (AvgIpc) is 2.73. The first-order valence-corrected chi connectivity index (χ1v) is 6.79. The van der Waals surface area contributed by atoms with Crippen molar-refractivity contribution in [2.75, 3.05) is 6.54 Å². The summed E-state index contributed by atoms with van der Waals surface area (Å²) in [6.45, 7) is 0.464. The fourth-order valence-corrected chi connectivity index (χ4v) is 2.70. The highest BCUT2D eigenvalue weighted by Crippen LogP contribution is 2.22. The van der Waals surface area contributed by atoms with Gasteiger partial charge in [0.2, 0.25) is 0 Å². The molecule has 4 nitrogen and oxygen atoms in total. The van der Waals surface area contributed by atoms with Crippen molar-refractivity contribution in [1.29, 1.82) is 0 Å². The predicted molar refractivity (Wildman–Crippen MR) is 75.1 cm³/mol. The number of phenols is 2. The van der Waals surface area contributed by atoms with Crippen LogP contribution in [0.5, 0.6) is 11.5 Å². The number of carbonyl (C=O) groups excluding carboxylic acids is 1. The third-order valence-electron chi connectivity index (χ3n) is 2.45. The fourth-order valence-electron chi connectivity index (χ4n) is 1.61. The van der Waals surface area contributed by atoms with E-state index in [1.807, 2.05) is 12.1 Å². The van der Waals surface area contributed by atoms with E-state index in [4.69, 9.17) is 11.6 Å². The normalized spacial score (nSPS) is 10.4. The van der Waals surface area contributed by atoms with Crippen LogP contribution in [0.25, 0.3) is 0 Å². The summed E-state index contributed by atoms with van der Waals surface area (Å²) < 4.78 is 0.722. The molecular weight excluding hydrogens is 286 g/mol. The SMILES string of the molecule is O=C(NCCc1ccc(Cl)s1)c1cc(O)cc(O)c1. The highest BCUT2D eigenvalue weighted by molar-refractivity contribution is 7.16. The largest absolute Gasteiger partial charge is 0.508 e. The lowest BCUT2D eigenvalue weighted by Crippen LogP contribution is -2.25. The van der Waals surface area contributed by atoms with E-state index >= 15 is 0 Å². The number of benzene rings is 1. The second kappa shape index (κ2) is 5.95. The van der Waals surface area contributed by atoms with Gasteiger partial charge in [0.25, 0.3) is 5.91 Å². The first-order valence-electron chi connectivity index (χ1n) is 5.60. The number of phenolic OH excluding ortho intramolecular Hbond substituents is 2. The van der Waals surface area contributed by atoms with E-state index in [0.717, 1.165) is 9.21 Å². The number of amides is 1. The van der Waals surface area contributed by atoms with Crippen LogP contribution >= 0.6 is 22.9 Å². The quantitative estimate of drug-likeness (QED) is 0.813. The number of thiophene rings is 1. The minimum atomic E-state index is -0.339. The molecule has 100 valence electrons. The molecule has 1 heterocycles. The summed E-state index contributed by atoms with van der Waals surface area (Å²) in [5, 5.41) is 21.3. The van der Waals surface area contributed by atoms with Crippen molar-refractivity contribution in [3.05, 3.63) is 45.1 Å². The molecule has 0 fully saturated rings. The molecule has 1 amide bonds. The summed E-state index contributed by atoms with van der Waals surface area (Å²) in [6, 6.07) is 7.51. The number of nitrogens with one attached hydrogen (secondary N) is 1. The molecule has 6 heteroatoms. The number of aromatic hydroxyl groups is 2. The van der Waals surface area contributed by atoms with E-state index in [1.165, 1.54) is 29.5 Å². The van der Waals surface area contributed by atoms with Gasteiger partial charge in [-0.25, -0.2) is 0 Å². The molecule has 0 bridgehead atoms. The van der Waals surface area contributed by atoms with Crippen molar-refractivity contribution in [2.45, 2.75) is 6.42 Å². The van der Waals surface area contributed by atoms with E-state index < -0.39 is 0 Å². The molecule has 3 N–H and O–H groups in total. The minimum absolute atomic E-state index is 0.143. The molecule has 0 unspecified atom stereocenters. The predicted octanol–water partition coefficient (Wildman–Crippen LogP) is 2.79. The van der Waals surface area contributed by atoms with Crippen LogP contribution in [-0.2, 0) is 6.42 Å². The molecule has 0 spiro atoms. The number of halogens is 1. The Bertz CT molecular complexity index is 577. The molecule has 0 aliphatic heterocycles. The highest BCUT2D eigenvalue weighted by atomic mass is 35.5. The fraction of sp³-hybridized carbons (Fsp3) is 0.154. The van der Waals surface area contributed by atoms with Gasteiger partial charge in [-0.3, -0.25) is 4.79 Å². The van der Waals surface area contributed by atoms with E-state index in [2.05, 4.69) is 5.32 Å². The van der Waals surface area contributed by atoms with Gasteiger partial charge in [-0.05, 0) is 30.7 Å². The molecule has 1 aromatic heterocycles. The van der Waals surface area contributed by atoms with Crippen molar-refractivity contribution in [3.63, 3.8) is 0 Å². The van der Waals surface area contributed by atoms with E-state index in [0.29, 0.717) is 13.0 Å². The monoisotopic (exact) mass is 297 g/mol. The molecule has 0 radical (unpaired) electrons. The summed E-state index contributed by atoms with van der Waals surface area (Å²) in [6.07, 6.45) is 0.688. The third kappa shape index (κ3) is 3.87. The maximum Gasteiger partial charge on any atom is 0.251 e. The number of rotatable bonds is 4. The van der Waals surface area contributed by atoms with Crippen LogP contribution in [0.4, 0.5) is 0 Å². The van der Waals surface area contributed by atoms with Crippen LogP contribution in [-0.4, -0.2) is 22.7 Å². The van der Waals surface area contributed by atoms with Gasteiger partial charge in [0, 0.05) is 23.1 Å². The van der Waals surface area contributed by atoms with Crippen LogP contribution in [0.1, 0.15) is 15.2 Å². The molecule has 0 saturated carbocycles. The Labute approximate surface area is 119 Å². The molecular formula is C13H12ClNO3S. The molecule has 1 aromatic carbocycles. The Morgan fingerprint density at radius 2 is 1.89 bits per heavy atom. The maximum atomic E-state index is 11.8. The van der Waals surface area contributed by atoms with Gasteiger partial charge < -0.3 is 15.5 Å². The van der Waals surface area contributed by atoms with Crippen molar-refractivity contribution in [3.8, 4) is 11.5 Å². The molecule has 19 heavy (non-hydrogen) atoms. The zero-order valence-corrected chi connectivity index (χ0v) is 11.5. The van der Waals surface area contributed by atoms with E-state index in [-0.39, 0.29) is 23.0 Å². The maximum absolute atomic E-state index is 11.8. The zero-order chi connectivity index (χ0) is 13.8. The second-order valence-corrected chi connectivity index (χ2v) is 5.75. The van der Waals surface area contributed by atoms with Crippen LogP contribution in [0.2, 0.25) is 4.34 Å². The average molecular weight is 298 g/mol. The van der Waals surface area contributed by atoms with Gasteiger partial charge in [-0.1, -0.05) is 11.6 Å². The van der Waals surface area contributed by atoms with Crippen LogP contribution < -0.4 is 5.32 Å². The number of carbonyl (C=O) groups is 1. The molecule has 2 aromatic rings. The van der Waals surface area contributed by atoms with Gasteiger partial charge in [-0.15, -0.1) is 11.3 Å². The first kappa shape index (κ1) is 13.7. The van der Waals surface area contributed by atoms with Crippen LogP contribution in [0.15, 0.2) is 30.3 Å². The Kier molecular flexibility index (Phi) is 4.29. The third-order valence-corrected chi connectivity index (χ3v) is 3.74. The van der Waals surface area contributed by atoms with Gasteiger partial charge in [0.1, 0.15) is 11.5 Å². The molecule has 2 rings (SSSR count). The zero-order valence-electron chi connectivity index (χ0n) is 9.89. The molecule has 0 saturated heterocycles. The topological polar surface area (TPSA) is 69.6 Å². The summed E-state index contributed by atoms with van der Waals surface area (Å²) in [7, 11) is 0. The minimum Gasteiger partial charge on any atom is -0.508 e. The van der Waals surface area contributed by atoms with Gasteiger partial charge in [0.05, 0.1) is 4.34 Å². The Morgan fingerprint density at radius 1 is 1.21 bits per heavy atom. The van der Waals surface area contributed by atoms with E-state index in [1.54, 1.807) is 0 Å². The molecule has 0 aliphatic rings. The summed E-state index contributed by atoms with van der Waals surface area (Å²) in [4.78, 5) is 12.9. The number of hydrogen-bond donors (Lipinski definition) is 3. The molecule has 0 aliphatic carbocycles. The van der Waals surface area contributed by atoms with Crippen molar-refractivity contribution >= 4 is 28.8 Å². The van der Waals surface area contributed by atoms with Crippen LogP contribution in [0.3, 0.4) is 0 Å². The van der Waals surface area contributed by atoms with Gasteiger partial charge in [0.15, 0.2) is 0 Å².